The van der Waals surface area contributed by atoms with E-state index in [1.165, 1.54) is 0 Å². The molecule has 0 saturated heterocycles. The van der Waals surface area contributed by atoms with E-state index in [4.69, 9.17) is 10.2 Å². The largest absolute Gasteiger partial charge is 0.391 e. The molecule has 0 aliphatic rings. The maximum Gasteiger partial charge on any atom is 0.164 e. The molecule has 0 fully saturated rings. The summed E-state index contributed by atoms with van der Waals surface area (Å²) in [7, 11) is 0. The van der Waals surface area contributed by atoms with Gasteiger partial charge in [-0.1, -0.05) is 20.8 Å². The number of rotatable bonds is 6. The third-order valence-electron chi connectivity index (χ3n) is 2.81. The molecule has 0 saturated carbocycles. The van der Waals surface area contributed by atoms with Crippen molar-refractivity contribution < 1.29 is 15.3 Å². The van der Waals surface area contributed by atoms with Gasteiger partial charge in [-0.15, -0.1) is 0 Å². The Morgan fingerprint density at radius 1 is 1.21 bits per heavy atom. The molecule has 0 rings (SSSR count). The van der Waals surface area contributed by atoms with Gasteiger partial charge in [-0.2, -0.15) is 0 Å². The Hall–Kier alpha value is -0.160. The van der Waals surface area contributed by atoms with E-state index >= 15 is 0 Å². The highest BCUT2D eigenvalue weighted by Crippen LogP contribution is 2.26. The highest BCUT2D eigenvalue weighted by Gasteiger charge is 2.30. The van der Waals surface area contributed by atoms with Gasteiger partial charge in [0.05, 0.1) is 6.10 Å². The van der Waals surface area contributed by atoms with Gasteiger partial charge in [0.2, 0.25) is 0 Å². The van der Waals surface area contributed by atoms with Crippen LogP contribution in [0.15, 0.2) is 0 Å². The molecule has 0 aromatic heterocycles. The molecular formula is C10H23NO3. The second-order valence-corrected chi connectivity index (χ2v) is 4.46. The van der Waals surface area contributed by atoms with Crippen molar-refractivity contribution in [2.24, 2.45) is 5.41 Å². The monoisotopic (exact) mass is 205 g/mol. The van der Waals surface area contributed by atoms with Gasteiger partial charge in [-0.05, 0) is 18.8 Å². The standard InChI is InChI=1S/C10H23NO3/c1-5-10(3,4)9(14)7(2)11-6-8(12)13/h7-9,11-14H,5-6H2,1-4H3/t7?,9-/m0/s1. The van der Waals surface area contributed by atoms with Crippen LogP contribution in [0.4, 0.5) is 0 Å². The minimum absolute atomic E-state index is 0.0814. The lowest BCUT2D eigenvalue weighted by atomic mass is 9.81. The van der Waals surface area contributed by atoms with Crippen molar-refractivity contribution in [1.82, 2.24) is 5.32 Å². The highest BCUT2D eigenvalue weighted by atomic mass is 16.5. The Balaban J connectivity index is 4.04. The summed E-state index contributed by atoms with van der Waals surface area (Å²) in [6, 6.07) is -0.147. The van der Waals surface area contributed by atoms with Crippen LogP contribution in [0, 0.1) is 5.41 Å². The van der Waals surface area contributed by atoms with E-state index < -0.39 is 12.4 Å². The second kappa shape index (κ2) is 5.66. The van der Waals surface area contributed by atoms with Crippen LogP contribution >= 0.6 is 0 Å². The summed E-state index contributed by atoms with van der Waals surface area (Å²) >= 11 is 0. The molecule has 0 aromatic carbocycles. The molecule has 4 heteroatoms. The Morgan fingerprint density at radius 3 is 2.07 bits per heavy atom. The molecule has 4 nitrogen and oxygen atoms in total. The van der Waals surface area contributed by atoms with Crippen LogP contribution in [0.3, 0.4) is 0 Å². The van der Waals surface area contributed by atoms with E-state index in [0.29, 0.717) is 0 Å². The summed E-state index contributed by atoms with van der Waals surface area (Å²) in [4.78, 5) is 0. The van der Waals surface area contributed by atoms with Crippen LogP contribution in [0.1, 0.15) is 34.1 Å². The maximum absolute atomic E-state index is 9.93. The molecule has 86 valence electrons. The molecule has 4 N–H and O–H groups in total. The first-order valence-electron chi connectivity index (χ1n) is 5.09. The van der Waals surface area contributed by atoms with Crippen LogP contribution in [0.2, 0.25) is 0 Å². The maximum atomic E-state index is 9.93. The molecule has 0 heterocycles. The lowest BCUT2D eigenvalue weighted by molar-refractivity contribution is -0.0465. The summed E-state index contributed by atoms with van der Waals surface area (Å²) < 4.78 is 0. The summed E-state index contributed by atoms with van der Waals surface area (Å²) in [6.45, 7) is 7.93. The van der Waals surface area contributed by atoms with Gasteiger partial charge in [0.15, 0.2) is 6.29 Å². The van der Waals surface area contributed by atoms with Crippen LogP contribution in [-0.2, 0) is 0 Å². The van der Waals surface area contributed by atoms with E-state index in [1.54, 1.807) is 0 Å². The van der Waals surface area contributed by atoms with Crippen molar-refractivity contribution in [3.8, 4) is 0 Å². The smallest absolute Gasteiger partial charge is 0.164 e. The minimum atomic E-state index is -1.37. The lowest BCUT2D eigenvalue weighted by Gasteiger charge is -2.34. The van der Waals surface area contributed by atoms with Gasteiger partial charge in [0, 0.05) is 12.6 Å². The lowest BCUT2D eigenvalue weighted by Crippen LogP contribution is -2.47. The van der Waals surface area contributed by atoms with Crippen molar-refractivity contribution in [3.05, 3.63) is 0 Å². The van der Waals surface area contributed by atoms with E-state index in [1.807, 2.05) is 27.7 Å². The number of nitrogens with one attached hydrogen (secondary N) is 1. The predicted molar refractivity (Wildman–Crippen MR) is 55.8 cm³/mol. The van der Waals surface area contributed by atoms with Gasteiger partial charge in [0.25, 0.3) is 0 Å². The molecule has 0 spiro atoms. The van der Waals surface area contributed by atoms with Crippen molar-refractivity contribution in [3.63, 3.8) is 0 Å². The Bertz CT molecular complexity index is 159. The molecule has 0 aromatic rings. The predicted octanol–water partition coefficient (Wildman–Crippen LogP) is 0.0723. The second-order valence-electron chi connectivity index (χ2n) is 4.46. The van der Waals surface area contributed by atoms with Gasteiger partial charge in [-0.3, -0.25) is 0 Å². The Labute approximate surface area is 86.0 Å². The zero-order valence-electron chi connectivity index (χ0n) is 9.49. The van der Waals surface area contributed by atoms with Crippen LogP contribution in [0.5, 0.6) is 0 Å². The van der Waals surface area contributed by atoms with Crippen molar-refractivity contribution in [1.29, 1.82) is 0 Å². The van der Waals surface area contributed by atoms with Crippen LogP contribution in [0.25, 0.3) is 0 Å². The van der Waals surface area contributed by atoms with E-state index in [-0.39, 0.29) is 18.0 Å². The van der Waals surface area contributed by atoms with E-state index in [2.05, 4.69) is 5.32 Å². The molecule has 0 bridgehead atoms. The average molecular weight is 205 g/mol. The summed E-state index contributed by atoms with van der Waals surface area (Å²) in [6.07, 6.45) is -0.984. The van der Waals surface area contributed by atoms with Crippen LogP contribution in [-0.4, -0.2) is 40.3 Å². The number of aliphatic hydroxyl groups excluding tert-OH is 2. The normalized spacial score (nSPS) is 17.1. The third kappa shape index (κ3) is 4.37. The van der Waals surface area contributed by atoms with Gasteiger partial charge in [-0.25, -0.2) is 0 Å². The number of aliphatic hydroxyl groups is 3. The van der Waals surface area contributed by atoms with Crippen molar-refractivity contribution in [2.45, 2.75) is 52.6 Å². The summed E-state index contributed by atoms with van der Waals surface area (Å²) in [5, 5.41) is 30.1. The first kappa shape index (κ1) is 13.8. The zero-order chi connectivity index (χ0) is 11.4. The molecule has 0 aliphatic heterocycles. The molecule has 1 unspecified atom stereocenters. The molecular weight excluding hydrogens is 182 g/mol. The van der Waals surface area contributed by atoms with Gasteiger partial charge >= 0.3 is 0 Å². The molecule has 0 radical (unpaired) electrons. The molecule has 0 aliphatic carbocycles. The molecule has 14 heavy (non-hydrogen) atoms. The molecule has 0 amide bonds. The average Bonchev–Trinajstić information content (AvgIpc) is 2.12. The number of hydrogen-bond donors (Lipinski definition) is 4. The minimum Gasteiger partial charge on any atom is -0.391 e. The molecule has 2 atom stereocenters. The fourth-order valence-electron chi connectivity index (χ4n) is 1.29. The van der Waals surface area contributed by atoms with E-state index in [9.17, 15) is 5.11 Å². The Morgan fingerprint density at radius 2 is 1.71 bits per heavy atom. The first-order chi connectivity index (χ1) is 6.31. The topological polar surface area (TPSA) is 72.7 Å². The quantitative estimate of drug-likeness (QED) is 0.463. The van der Waals surface area contributed by atoms with Gasteiger partial charge in [0.1, 0.15) is 0 Å². The fraction of sp³-hybridized carbons (Fsp3) is 1.00. The van der Waals surface area contributed by atoms with E-state index in [0.717, 1.165) is 6.42 Å². The SMILES string of the molecule is CCC(C)(C)[C@@H](O)C(C)NCC(O)O. The summed E-state index contributed by atoms with van der Waals surface area (Å²) in [5.74, 6) is 0. The number of hydrogen-bond acceptors (Lipinski definition) is 4. The first-order valence-corrected chi connectivity index (χ1v) is 5.09. The summed E-state index contributed by atoms with van der Waals surface area (Å²) in [5.41, 5.74) is -0.160. The third-order valence-corrected chi connectivity index (χ3v) is 2.81. The fourth-order valence-corrected chi connectivity index (χ4v) is 1.29. The van der Waals surface area contributed by atoms with Crippen molar-refractivity contribution >= 4 is 0 Å². The van der Waals surface area contributed by atoms with Crippen molar-refractivity contribution in [2.75, 3.05) is 6.54 Å². The van der Waals surface area contributed by atoms with Gasteiger partial charge < -0.3 is 20.6 Å². The van der Waals surface area contributed by atoms with Crippen LogP contribution < -0.4 is 5.32 Å². The zero-order valence-corrected chi connectivity index (χ0v) is 9.49. The Kier molecular flexibility index (Phi) is 5.59. The highest BCUT2D eigenvalue weighted by molar-refractivity contribution is 4.84.